The molecule has 1 rings (SSSR count). The van der Waals surface area contributed by atoms with Crippen molar-refractivity contribution in [1.82, 2.24) is 0 Å². The zero-order chi connectivity index (χ0) is 6.85. The predicted octanol–water partition coefficient (Wildman–Crippen LogP) is 2.19. The lowest BCUT2D eigenvalue weighted by Gasteiger charge is -2.17. The Morgan fingerprint density at radius 2 is 2.22 bits per heavy atom. The van der Waals surface area contributed by atoms with Crippen LogP contribution < -0.4 is 0 Å². The smallest absolute Gasteiger partial charge is 0.0285 e. The molecule has 9 heavy (non-hydrogen) atoms. The van der Waals surface area contributed by atoms with Gasteiger partial charge in [0, 0.05) is 13.8 Å². The van der Waals surface area contributed by atoms with E-state index in [-0.39, 0.29) is 0 Å². The Morgan fingerprint density at radius 1 is 1.56 bits per heavy atom. The molecule has 2 atom stereocenters. The Labute approximate surface area is 58.3 Å². The van der Waals surface area contributed by atoms with E-state index in [9.17, 15) is 4.89 Å². The average molecular weight is 146 g/mol. The molecule has 0 aromatic carbocycles. The second kappa shape index (κ2) is 2.98. The maximum atomic E-state index is 9.42. The molecule has 1 fully saturated rings. The first kappa shape index (κ1) is 7.50. The quantitative estimate of drug-likeness (QED) is 0.562. The van der Waals surface area contributed by atoms with Crippen molar-refractivity contribution >= 4 is 8.15 Å². The van der Waals surface area contributed by atoms with Crippen LogP contribution in [0.2, 0.25) is 0 Å². The summed E-state index contributed by atoms with van der Waals surface area (Å²) >= 11 is 0. The van der Waals surface area contributed by atoms with Gasteiger partial charge in [0.2, 0.25) is 0 Å². The van der Waals surface area contributed by atoms with Gasteiger partial charge in [-0.25, -0.2) is 0 Å². The first-order valence-corrected chi connectivity index (χ1v) is 5.22. The summed E-state index contributed by atoms with van der Waals surface area (Å²) in [5.74, 6) is 0.698. The third kappa shape index (κ3) is 1.65. The molecule has 1 aliphatic heterocycles. The van der Waals surface area contributed by atoms with Gasteiger partial charge in [0.1, 0.15) is 0 Å². The van der Waals surface area contributed by atoms with Crippen LogP contribution in [-0.4, -0.2) is 16.7 Å². The van der Waals surface area contributed by atoms with Crippen LogP contribution in [0.15, 0.2) is 0 Å². The van der Waals surface area contributed by atoms with Crippen LogP contribution >= 0.6 is 8.15 Å². The third-order valence-corrected chi connectivity index (χ3v) is 4.43. The number of rotatable bonds is 1. The van der Waals surface area contributed by atoms with Crippen LogP contribution in [0.4, 0.5) is 0 Å². The Morgan fingerprint density at radius 3 is 2.44 bits per heavy atom. The monoisotopic (exact) mass is 146 g/mol. The highest BCUT2D eigenvalue weighted by molar-refractivity contribution is 7.52. The summed E-state index contributed by atoms with van der Waals surface area (Å²) < 4.78 is 0. The van der Waals surface area contributed by atoms with Gasteiger partial charge in [-0.15, -0.1) is 0 Å². The summed E-state index contributed by atoms with van der Waals surface area (Å²) in [6.07, 6.45) is 3.61. The summed E-state index contributed by atoms with van der Waals surface area (Å²) in [5, 5.41) is 0. The van der Waals surface area contributed by atoms with Gasteiger partial charge >= 0.3 is 0 Å². The molecule has 0 saturated carbocycles. The van der Waals surface area contributed by atoms with Crippen LogP contribution in [0.1, 0.15) is 26.7 Å². The van der Waals surface area contributed by atoms with E-state index in [0.29, 0.717) is 11.6 Å². The first-order chi connectivity index (χ1) is 4.22. The van der Waals surface area contributed by atoms with E-state index in [0.717, 1.165) is 6.16 Å². The molecule has 1 nitrogen and oxygen atoms in total. The van der Waals surface area contributed by atoms with Crippen LogP contribution in [0.25, 0.3) is 0 Å². The minimum atomic E-state index is -0.568. The van der Waals surface area contributed by atoms with Gasteiger partial charge in [0.15, 0.2) is 0 Å². The van der Waals surface area contributed by atoms with Crippen LogP contribution in [0.3, 0.4) is 0 Å². The van der Waals surface area contributed by atoms with Gasteiger partial charge in [0.05, 0.1) is 0 Å². The largest absolute Gasteiger partial charge is 0.374 e. The van der Waals surface area contributed by atoms with Crippen molar-refractivity contribution in [2.45, 2.75) is 32.3 Å². The van der Waals surface area contributed by atoms with Crippen molar-refractivity contribution < 1.29 is 4.89 Å². The average Bonchev–Trinajstić information content (AvgIpc) is 2.13. The van der Waals surface area contributed by atoms with E-state index in [2.05, 4.69) is 13.8 Å². The number of hydrogen-bond acceptors (Lipinski definition) is 1. The zero-order valence-electron chi connectivity index (χ0n) is 6.17. The van der Waals surface area contributed by atoms with Crippen LogP contribution in [0, 0.1) is 5.92 Å². The lowest BCUT2D eigenvalue weighted by Crippen LogP contribution is -2.07. The fourth-order valence-electron chi connectivity index (χ4n) is 1.45. The highest BCUT2D eigenvalue weighted by atomic mass is 31.1. The fraction of sp³-hybridized carbons (Fsp3) is 1.00. The van der Waals surface area contributed by atoms with E-state index >= 15 is 0 Å². The molecule has 0 aliphatic carbocycles. The molecule has 1 heterocycles. The topological polar surface area (TPSA) is 20.2 Å². The normalized spacial score (nSPS) is 36.0. The summed E-state index contributed by atoms with van der Waals surface area (Å²) in [6.45, 7) is 4.42. The summed E-state index contributed by atoms with van der Waals surface area (Å²) in [4.78, 5) is 9.42. The Hall–Kier alpha value is 0.390. The van der Waals surface area contributed by atoms with E-state index in [1.165, 1.54) is 12.8 Å². The lowest BCUT2D eigenvalue weighted by atomic mass is 10.1. The standard InChI is InChI=1S/C7H15OP/c1-6(2)7-4-3-5-9(7)8/h6-8H,3-5H2,1-2H3. The second-order valence-corrected chi connectivity index (χ2v) is 5.11. The highest BCUT2D eigenvalue weighted by Gasteiger charge is 2.27. The molecule has 2 heteroatoms. The first-order valence-electron chi connectivity index (χ1n) is 3.67. The van der Waals surface area contributed by atoms with E-state index in [1.54, 1.807) is 0 Å². The molecule has 0 bridgehead atoms. The maximum absolute atomic E-state index is 9.42. The molecule has 2 unspecified atom stereocenters. The zero-order valence-corrected chi connectivity index (χ0v) is 7.06. The molecular formula is C7H15OP. The molecule has 0 aromatic heterocycles. The van der Waals surface area contributed by atoms with Gasteiger partial charge in [-0.1, -0.05) is 13.8 Å². The molecule has 1 aliphatic rings. The van der Waals surface area contributed by atoms with E-state index in [1.807, 2.05) is 0 Å². The van der Waals surface area contributed by atoms with Gasteiger partial charge < -0.3 is 4.89 Å². The maximum Gasteiger partial charge on any atom is 0.0285 e. The van der Waals surface area contributed by atoms with Gasteiger partial charge in [-0.3, -0.25) is 0 Å². The van der Waals surface area contributed by atoms with Gasteiger partial charge in [-0.2, -0.15) is 0 Å². The van der Waals surface area contributed by atoms with E-state index in [4.69, 9.17) is 0 Å². The van der Waals surface area contributed by atoms with Crippen molar-refractivity contribution in [3.63, 3.8) is 0 Å². The summed E-state index contributed by atoms with van der Waals surface area (Å²) in [5.41, 5.74) is 0.653. The van der Waals surface area contributed by atoms with Crippen molar-refractivity contribution in [3.8, 4) is 0 Å². The lowest BCUT2D eigenvalue weighted by molar-refractivity contribution is 0.543. The van der Waals surface area contributed by atoms with E-state index < -0.39 is 8.15 Å². The van der Waals surface area contributed by atoms with Gasteiger partial charge in [0.25, 0.3) is 0 Å². The van der Waals surface area contributed by atoms with Crippen molar-refractivity contribution in [1.29, 1.82) is 0 Å². The van der Waals surface area contributed by atoms with Crippen LogP contribution in [0.5, 0.6) is 0 Å². The Kier molecular flexibility index (Phi) is 2.49. The highest BCUT2D eigenvalue weighted by Crippen LogP contribution is 2.49. The molecule has 1 saturated heterocycles. The molecular weight excluding hydrogens is 131 g/mol. The minimum absolute atomic E-state index is 0.568. The fourth-order valence-corrected chi connectivity index (χ4v) is 3.46. The Bertz CT molecular complexity index is 92.9. The minimum Gasteiger partial charge on any atom is -0.374 e. The van der Waals surface area contributed by atoms with Crippen molar-refractivity contribution in [2.75, 3.05) is 6.16 Å². The van der Waals surface area contributed by atoms with Crippen LogP contribution in [-0.2, 0) is 0 Å². The molecule has 54 valence electrons. The summed E-state index contributed by atoms with van der Waals surface area (Å²) in [6, 6.07) is 0. The molecule has 0 radical (unpaired) electrons. The Balaban J connectivity index is 2.40. The molecule has 0 spiro atoms. The van der Waals surface area contributed by atoms with Gasteiger partial charge in [-0.05, 0) is 24.9 Å². The SMILES string of the molecule is CC(C)C1CCCP1O. The second-order valence-electron chi connectivity index (χ2n) is 3.12. The molecule has 0 aromatic rings. The third-order valence-electron chi connectivity index (χ3n) is 2.04. The number of hydrogen-bond donors (Lipinski definition) is 1. The predicted molar refractivity (Wildman–Crippen MR) is 41.9 cm³/mol. The molecule has 1 N–H and O–H groups in total. The van der Waals surface area contributed by atoms with Crippen molar-refractivity contribution in [3.05, 3.63) is 0 Å². The molecule has 0 amide bonds. The summed E-state index contributed by atoms with van der Waals surface area (Å²) in [7, 11) is -0.568. The van der Waals surface area contributed by atoms with Crippen molar-refractivity contribution in [2.24, 2.45) is 5.92 Å².